The number of benzene rings is 2. The van der Waals surface area contributed by atoms with E-state index in [1.54, 1.807) is 12.0 Å². The summed E-state index contributed by atoms with van der Waals surface area (Å²) in [6.07, 6.45) is 0.280. The summed E-state index contributed by atoms with van der Waals surface area (Å²) in [7, 11) is 1.62. The van der Waals surface area contributed by atoms with Gasteiger partial charge < -0.3 is 24.2 Å². The van der Waals surface area contributed by atoms with Crippen LogP contribution in [0.1, 0.15) is 17.5 Å². The Morgan fingerprint density at radius 1 is 1.06 bits per heavy atom. The Hall–Kier alpha value is -3.10. The average Bonchev–Trinajstić information content (AvgIpc) is 3.14. The summed E-state index contributed by atoms with van der Waals surface area (Å²) in [5.74, 6) is 0.640. The van der Waals surface area contributed by atoms with E-state index in [-0.39, 0.29) is 24.2 Å². The van der Waals surface area contributed by atoms with E-state index in [9.17, 15) is 9.59 Å². The van der Waals surface area contributed by atoms with Gasteiger partial charge in [0.05, 0.1) is 19.1 Å². The Bertz CT molecular complexity index is 1050. The molecule has 2 aromatic rings. The fourth-order valence-electron chi connectivity index (χ4n) is 5.41. The number of fused-ring (bicyclic) bond motifs is 1. The van der Waals surface area contributed by atoms with Gasteiger partial charge in [0.15, 0.2) is 0 Å². The first kappa shape index (κ1) is 24.6. The Morgan fingerprint density at radius 2 is 1.86 bits per heavy atom. The molecule has 0 unspecified atom stereocenters. The number of para-hydroxylation sites is 1. The summed E-state index contributed by atoms with van der Waals surface area (Å²) in [6, 6.07) is 17.0. The number of carbonyl (C=O) groups is 2. The fourth-order valence-corrected chi connectivity index (χ4v) is 5.41. The third kappa shape index (κ3) is 5.65. The molecule has 0 bridgehead atoms. The number of hydrogen-bond acceptors (Lipinski definition) is 6. The lowest BCUT2D eigenvalue weighted by atomic mass is 10.1. The minimum absolute atomic E-state index is 0.0338. The molecule has 0 N–H and O–H groups in total. The second-order valence-electron chi connectivity index (χ2n) is 9.88. The van der Waals surface area contributed by atoms with E-state index in [1.807, 2.05) is 11.0 Å². The third-order valence-electron chi connectivity index (χ3n) is 7.45. The van der Waals surface area contributed by atoms with Gasteiger partial charge in [0, 0.05) is 77.1 Å². The number of methoxy groups -OCH3 is 1. The number of anilines is 1. The maximum atomic E-state index is 13.3. The highest BCUT2D eigenvalue weighted by Gasteiger charge is 2.37. The van der Waals surface area contributed by atoms with E-state index in [2.05, 4.69) is 52.3 Å². The number of amides is 2. The molecule has 0 spiro atoms. The molecule has 2 fully saturated rings. The molecule has 2 aromatic carbocycles. The molecule has 3 aliphatic rings. The SMILES string of the molecule is COCCN1C[C@@H](C(=O)N2CCOc3ccc(CN4CCN(c5ccccc5)CC4)cc3C2)CC1=O. The zero-order chi connectivity index (χ0) is 24.9. The largest absolute Gasteiger partial charge is 0.491 e. The second kappa shape index (κ2) is 11.3. The van der Waals surface area contributed by atoms with Crippen LogP contribution in [0.4, 0.5) is 5.69 Å². The summed E-state index contributed by atoms with van der Waals surface area (Å²) < 4.78 is 11.1. The van der Waals surface area contributed by atoms with E-state index in [1.165, 1.54) is 11.3 Å². The summed E-state index contributed by atoms with van der Waals surface area (Å²) in [5, 5.41) is 0. The smallest absolute Gasteiger partial charge is 0.228 e. The van der Waals surface area contributed by atoms with E-state index in [4.69, 9.17) is 9.47 Å². The third-order valence-corrected chi connectivity index (χ3v) is 7.45. The molecule has 2 saturated heterocycles. The number of likely N-dealkylation sites (tertiary alicyclic amines) is 1. The quantitative estimate of drug-likeness (QED) is 0.591. The molecule has 2 amide bonds. The molecule has 3 heterocycles. The van der Waals surface area contributed by atoms with Crippen LogP contribution in [-0.4, -0.2) is 92.7 Å². The topological polar surface area (TPSA) is 65.6 Å². The zero-order valence-electron chi connectivity index (χ0n) is 21.1. The number of hydrogen-bond donors (Lipinski definition) is 0. The van der Waals surface area contributed by atoms with Gasteiger partial charge in [-0.15, -0.1) is 0 Å². The van der Waals surface area contributed by atoms with Crippen molar-refractivity contribution in [3.05, 3.63) is 59.7 Å². The molecule has 8 nitrogen and oxygen atoms in total. The molecule has 3 aliphatic heterocycles. The Balaban J connectivity index is 1.19. The van der Waals surface area contributed by atoms with Crippen molar-refractivity contribution in [2.24, 2.45) is 5.92 Å². The van der Waals surface area contributed by atoms with Gasteiger partial charge in [-0.05, 0) is 29.8 Å². The highest BCUT2D eigenvalue weighted by molar-refractivity contribution is 5.89. The molecule has 0 saturated carbocycles. The predicted octanol–water partition coefficient (Wildman–Crippen LogP) is 2.22. The van der Waals surface area contributed by atoms with Crippen molar-refractivity contribution in [2.45, 2.75) is 19.5 Å². The van der Waals surface area contributed by atoms with Crippen molar-refractivity contribution < 1.29 is 19.1 Å². The molecule has 0 aliphatic carbocycles. The molecule has 1 atom stereocenters. The predicted molar refractivity (Wildman–Crippen MR) is 138 cm³/mol. The highest BCUT2D eigenvalue weighted by Crippen LogP contribution is 2.28. The fraction of sp³-hybridized carbons (Fsp3) is 0.500. The monoisotopic (exact) mass is 492 g/mol. The van der Waals surface area contributed by atoms with Gasteiger partial charge in [-0.3, -0.25) is 14.5 Å². The van der Waals surface area contributed by atoms with Gasteiger partial charge in [-0.25, -0.2) is 0 Å². The lowest BCUT2D eigenvalue weighted by molar-refractivity contribution is -0.136. The van der Waals surface area contributed by atoms with Crippen LogP contribution in [0.25, 0.3) is 0 Å². The summed E-state index contributed by atoms with van der Waals surface area (Å²) in [4.78, 5) is 34.2. The lowest BCUT2D eigenvalue weighted by Crippen LogP contribution is -2.45. The Labute approximate surface area is 213 Å². The summed E-state index contributed by atoms with van der Waals surface area (Å²) in [6.45, 7) is 7.97. The van der Waals surface area contributed by atoms with E-state index in [0.29, 0.717) is 39.4 Å². The van der Waals surface area contributed by atoms with Crippen LogP contribution in [0.3, 0.4) is 0 Å². The first-order chi connectivity index (χ1) is 17.6. The van der Waals surface area contributed by atoms with Crippen LogP contribution in [-0.2, 0) is 27.4 Å². The van der Waals surface area contributed by atoms with Crippen LogP contribution in [0.15, 0.2) is 48.5 Å². The summed E-state index contributed by atoms with van der Waals surface area (Å²) >= 11 is 0. The minimum atomic E-state index is -0.292. The van der Waals surface area contributed by atoms with Crippen molar-refractivity contribution in [3.63, 3.8) is 0 Å². The maximum Gasteiger partial charge on any atom is 0.228 e. The zero-order valence-corrected chi connectivity index (χ0v) is 21.1. The first-order valence-corrected chi connectivity index (χ1v) is 12.9. The van der Waals surface area contributed by atoms with Gasteiger partial charge in [0.25, 0.3) is 0 Å². The van der Waals surface area contributed by atoms with E-state index >= 15 is 0 Å². The molecule has 8 heteroatoms. The van der Waals surface area contributed by atoms with Gasteiger partial charge in [0.2, 0.25) is 11.8 Å². The number of nitrogens with zero attached hydrogens (tertiary/aromatic N) is 4. The number of ether oxygens (including phenoxy) is 2. The Kier molecular flexibility index (Phi) is 7.72. The number of carbonyl (C=O) groups excluding carboxylic acids is 2. The summed E-state index contributed by atoms with van der Waals surface area (Å²) in [5.41, 5.74) is 3.57. The van der Waals surface area contributed by atoms with Crippen LogP contribution in [0.2, 0.25) is 0 Å². The number of rotatable bonds is 7. The molecule has 192 valence electrons. The highest BCUT2D eigenvalue weighted by atomic mass is 16.5. The van der Waals surface area contributed by atoms with Crippen molar-refractivity contribution in [1.82, 2.24) is 14.7 Å². The number of piperazine rings is 1. The molecular weight excluding hydrogens is 456 g/mol. The van der Waals surface area contributed by atoms with Crippen LogP contribution in [0.5, 0.6) is 5.75 Å². The van der Waals surface area contributed by atoms with Gasteiger partial charge in [-0.2, -0.15) is 0 Å². The molecule has 0 radical (unpaired) electrons. The molecule has 5 rings (SSSR count). The maximum absolute atomic E-state index is 13.3. The molecule has 0 aromatic heterocycles. The second-order valence-corrected chi connectivity index (χ2v) is 9.88. The lowest BCUT2D eigenvalue weighted by Gasteiger charge is -2.36. The van der Waals surface area contributed by atoms with Gasteiger partial charge >= 0.3 is 0 Å². The molecule has 36 heavy (non-hydrogen) atoms. The van der Waals surface area contributed by atoms with Crippen LogP contribution >= 0.6 is 0 Å². The van der Waals surface area contributed by atoms with E-state index < -0.39 is 0 Å². The van der Waals surface area contributed by atoms with E-state index in [0.717, 1.165) is 44.0 Å². The molecular formula is C28H36N4O4. The van der Waals surface area contributed by atoms with Crippen LogP contribution < -0.4 is 9.64 Å². The first-order valence-electron chi connectivity index (χ1n) is 12.9. The van der Waals surface area contributed by atoms with Gasteiger partial charge in [-0.1, -0.05) is 24.3 Å². The van der Waals surface area contributed by atoms with Crippen molar-refractivity contribution in [2.75, 3.05) is 71.0 Å². The standard InChI is InChI=1S/C28H36N4O4/c1-35-15-13-31-21-24(18-27(31)33)28(34)32-14-16-36-26-8-7-22(17-23(26)20-32)19-29-9-11-30(12-10-29)25-5-3-2-4-6-25/h2-8,17,24H,9-16,18-21H2,1H3/t24-/m0/s1. The average molecular weight is 493 g/mol. The minimum Gasteiger partial charge on any atom is -0.491 e. The Morgan fingerprint density at radius 3 is 2.64 bits per heavy atom. The van der Waals surface area contributed by atoms with Crippen molar-refractivity contribution in [1.29, 1.82) is 0 Å². The van der Waals surface area contributed by atoms with Crippen molar-refractivity contribution in [3.8, 4) is 5.75 Å². The van der Waals surface area contributed by atoms with Crippen molar-refractivity contribution >= 4 is 17.5 Å². The van der Waals surface area contributed by atoms with Gasteiger partial charge in [0.1, 0.15) is 12.4 Å². The normalized spacial score (nSPS) is 20.8. The van der Waals surface area contributed by atoms with Crippen LogP contribution in [0, 0.1) is 5.92 Å².